The van der Waals surface area contributed by atoms with Gasteiger partial charge in [-0.1, -0.05) is 24.9 Å². The van der Waals surface area contributed by atoms with Gasteiger partial charge in [0.25, 0.3) is 0 Å². The number of rotatable bonds is 6. The summed E-state index contributed by atoms with van der Waals surface area (Å²) in [5, 5.41) is 4.93. The zero-order valence-electron chi connectivity index (χ0n) is 12.0. The molecule has 0 saturated carbocycles. The highest BCUT2D eigenvalue weighted by Crippen LogP contribution is 2.30. The minimum absolute atomic E-state index is 0.199. The van der Waals surface area contributed by atoms with Crippen LogP contribution in [-0.4, -0.2) is 23.6 Å². The Morgan fingerprint density at radius 2 is 2.30 bits per heavy atom. The fraction of sp³-hybridized carbons (Fsp3) is 0.625. The molecule has 1 nitrogen and oxygen atoms in total. The highest BCUT2D eigenvalue weighted by atomic mass is 35.5. The number of benzene rings is 1. The van der Waals surface area contributed by atoms with Crippen LogP contribution in [0.5, 0.6) is 0 Å². The van der Waals surface area contributed by atoms with Gasteiger partial charge in [0.15, 0.2) is 0 Å². The predicted octanol–water partition coefficient (Wildman–Crippen LogP) is 4.68. The number of halogens is 2. The lowest BCUT2D eigenvalue weighted by atomic mass is 9.99. The molecule has 1 heterocycles. The van der Waals surface area contributed by atoms with E-state index in [0.29, 0.717) is 16.3 Å². The van der Waals surface area contributed by atoms with Crippen LogP contribution in [0.25, 0.3) is 0 Å². The molecule has 0 amide bonds. The van der Waals surface area contributed by atoms with Crippen LogP contribution >= 0.6 is 23.4 Å². The van der Waals surface area contributed by atoms with E-state index in [9.17, 15) is 4.39 Å². The van der Waals surface area contributed by atoms with Crippen LogP contribution in [0.4, 0.5) is 4.39 Å². The number of thioether (sulfide) groups is 1. The Morgan fingerprint density at radius 1 is 1.45 bits per heavy atom. The molecule has 0 spiro atoms. The fourth-order valence-electron chi connectivity index (χ4n) is 2.68. The first-order valence-corrected chi connectivity index (χ1v) is 8.92. The highest BCUT2D eigenvalue weighted by Gasteiger charge is 2.24. The third-order valence-corrected chi connectivity index (χ3v) is 5.65. The third-order valence-electron chi connectivity index (χ3n) is 3.77. The standard InChI is InChI=1S/C16H23ClFNS/c1-2-8-19-15(16-5-3-4-9-20-16)11-12-10-13(18)6-7-14(12)17/h6-7,10,15-16,19H,2-5,8-9,11H2,1H3. The van der Waals surface area contributed by atoms with Gasteiger partial charge in [-0.25, -0.2) is 4.39 Å². The summed E-state index contributed by atoms with van der Waals surface area (Å²) in [6, 6.07) is 5.06. The Morgan fingerprint density at radius 3 is 3.00 bits per heavy atom. The molecule has 112 valence electrons. The van der Waals surface area contributed by atoms with E-state index in [2.05, 4.69) is 24.0 Å². The molecule has 1 fully saturated rings. The second-order valence-corrected chi connectivity index (χ2v) is 7.16. The maximum absolute atomic E-state index is 13.4. The molecule has 2 rings (SSSR count). The van der Waals surface area contributed by atoms with Crippen molar-refractivity contribution in [2.24, 2.45) is 0 Å². The zero-order chi connectivity index (χ0) is 14.4. The van der Waals surface area contributed by atoms with Gasteiger partial charge in [0.1, 0.15) is 5.82 Å². The zero-order valence-corrected chi connectivity index (χ0v) is 13.6. The molecule has 1 saturated heterocycles. The second kappa shape index (κ2) is 8.26. The van der Waals surface area contributed by atoms with E-state index in [1.165, 1.54) is 31.1 Å². The summed E-state index contributed by atoms with van der Waals surface area (Å²) in [7, 11) is 0. The van der Waals surface area contributed by atoms with Crippen LogP contribution in [-0.2, 0) is 6.42 Å². The van der Waals surface area contributed by atoms with Gasteiger partial charge in [-0.05, 0) is 61.7 Å². The Labute approximate surface area is 130 Å². The molecule has 0 radical (unpaired) electrons. The first kappa shape index (κ1) is 16.1. The largest absolute Gasteiger partial charge is 0.313 e. The van der Waals surface area contributed by atoms with Crippen molar-refractivity contribution in [3.8, 4) is 0 Å². The van der Waals surface area contributed by atoms with Crippen molar-refractivity contribution < 1.29 is 4.39 Å². The van der Waals surface area contributed by atoms with Gasteiger partial charge in [-0.15, -0.1) is 0 Å². The van der Waals surface area contributed by atoms with E-state index in [1.54, 1.807) is 12.1 Å². The third kappa shape index (κ3) is 4.64. The van der Waals surface area contributed by atoms with Crippen LogP contribution in [0.2, 0.25) is 5.02 Å². The van der Waals surface area contributed by atoms with Gasteiger partial charge in [0, 0.05) is 16.3 Å². The molecule has 4 heteroatoms. The van der Waals surface area contributed by atoms with Gasteiger partial charge in [-0.2, -0.15) is 11.8 Å². The molecule has 0 bridgehead atoms. The Bertz CT molecular complexity index is 421. The SMILES string of the molecule is CCCNC(Cc1cc(F)ccc1Cl)C1CCCCS1. The molecular weight excluding hydrogens is 293 g/mol. The lowest BCUT2D eigenvalue weighted by molar-refractivity contribution is 0.460. The molecule has 0 aliphatic carbocycles. The molecular formula is C16H23ClFNS. The molecule has 1 aromatic rings. The van der Waals surface area contributed by atoms with Crippen LogP contribution in [0, 0.1) is 5.82 Å². The molecule has 20 heavy (non-hydrogen) atoms. The van der Waals surface area contributed by atoms with E-state index in [4.69, 9.17) is 11.6 Å². The summed E-state index contributed by atoms with van der Waals surface area (Å²) in [6.07, 6.45) is 5.80. The van der Waals surface area contributed by atoms with E-state index < -0.39 is 0 Å². The van der Waals surface area contributed by atoms with E-state index in [1.807, 2.05) is 0 Å². The summed E-state index contributed by atoms with van der Waals surface area (Å²) >= 11 is 8.26. The smallest absolute Gasteiger partial charge is 0.123 e. The van der Waals surface area contributed by atoms with Crippen molar-refractivity contribution in [3.63, 3.8) is 0 Å². The molecule has 1 aliphatic heterocycles. The fourth-order valence-corrected chi connectivity index (χ4v) is 4.31. The van der Waals surface area contributed by atoms with Crippen molar-refractivity contribution in [2.75, 3.05) is 12.3 Å². The summed E-state index contributed by atoms with van der Waals surface area (Å²) in [4.78, 5) is 0. The molecule has 2 unspecified atom stereocenters. The Hall–Kier alpha value is -0.250. The van der Waals surface area contributed by atoms with Crippen molar-refractivity contribution in [2.45, 2.75) is 50.3 Å². The van der Waals surface area contributed by atoms with Gasteiger partial charge in [0.05, 0.1) is 0 Å². The Balaban J connectivity index is 2.07. The van der Waals surface area contributed by atoms with Crippen LogP contribution in [0.15, 0.2) is 18.2 Å². The number of hydrogen-bond acceptors (Lipinski definition) is 2. The van der Waals surface area contributed by atoms with Gasteiger partial charge in [-0.3, -0.25) is 0 Å². The van der Waals surface area contributed by atoms with E-state index >= 15 is 0 Å². The summed E-state index contributed by atoms with van der Waals surface area (Å²) < 4.78 is 13.4. The maximum atomic E-state index is 13.4. The first-order valence-electron chi connectivity index (χ1n) is 7.49. The minimum atomic E-state index is -0.199. The quantitative estimate of drug-likeness (QED) is 0.818. The van der Waals surface area contributed by atoms with E-state index in [0.717, 1.165) is 24.9 Å². The van der Waals surface area contributed by atoms with Crippen molar-refractivity contribution in [1.29, 1.82) is 0 Å². The normalized spacial score (nSPS) is 20.9. The molecule has 1 aromatic carbocycles. The lowest BCUT2D eigenvalue weighted by Crippen LogP contribution is -2.41. The van der Waals surface area contributed by atoms with Crippen LogP contribution in [0.1, 0.15) is 38.2 Å². The van der Waals surface area contributed by atoms with E-state index in [-0.39, 0.29) is 5.82 Å². The number of hydrogen-bond donors (Lipinski definition) is 1. The molecule has 1 N–H and O–H groups in total. The average molecular weight is 316 g/mol. The molecule has 2 atom stereocenters. The minimum Gasteiger partial charge on any atom is -0.313 e. The van der Waals surface area contributed by atoms with Gasteiger partial charge in [0.2, 0.25) is 0 Å². The van der Waals surface area contributed by atoms with Gasteiger partial charge < -0.3 is 5.32 Å². The van der Waals surface area contributed by atoms with Crippen LogP contribution < -0.4 is 5.32 Å². The predicted molar refractivity (Wildman–Crippen MR) is 87.3 cm³/mol. The topological polar surface area (TPSA) is 12.0 Å². The second-order valence-electron chi connectivity index (χ2n) is 5.41. The maximum Gasteiger partial charge on any atom is 0.123 e. The summed E-state index contributed by atoms with van der Waals surface area (Å²) in [5.74, 6) is 1.04. The first-order chi connectivity index (χ1) is 9.70. The van der Waals surface area contributed by atoms with Crippen LogP contribution in [0.3, 0.4) is 0 Å². The summed E-state index contributed by atoms with van der Waals surface area (Å²) in [5.41, 5.74) is 0.923. The molecule has 0 aromatic heterocycles. The highest BCUT2D eigenvalue weighted by molar-refractivity contribution is 8.00. The monoisotopic (exact) mass is 315 g/mol. The summed E-state index contributed by atoms with van der Waals surface area (Å²) in [6.45, 7) is 3.18. The number of nitrogens with one attached hydrogen (secondary N) is 1. The van der Waals surface area contributed by atoms with Gasteiger partial charge >= 0.3 is 0 Å². The van der Waals surface area contributed by atoms with Crippen molar-refractivity contribution in [3.05, 3.63) is 34.6 Å². The van der Waals surface area contributed by atoms with Crippen molar-refractivity contribution >= 4 is 23.4 Å². The average Bonchev–Trinajstić information content (AvgIpc) is 2.48. The van der Waals surface area contributed by atoms with Crippen molar-refractivity contribution in [1.82, 2.24) is 5.32 Å². The Kier molecular flexibility index (Phi) is 6.66. The molecule has 1 aliphatic rings. The lowest BCUT2D eigenvalue weighted by Gasteiger charge is -2.31.